The van der Waals surface area contributed by atoms with Gasteiger partial charge in [-0.3, -0.25) is 0 Å². The molecule has 0 atom stereocenters. The zero-order valence-electron chi connectivity index (χ0n) is 27.9. The van der Waals surface area contributed by atoms with E-state index in [0.717, 1.165) is 11.1 Å². The zero-order valence-corrected chi connectivity index (χ0v) is 27.9. The lowest BCUT2D eigenvalue weighted by Crippen LogP contribution is -2.11. The summed E-state index contributed by atoms with van der Waals surface area (Å²) in [5.41, 5.74) is 11.2. The fraction of sp³-hybridized carbons (Fsp3) is 0.268. The summed E-state index contributed by atoms with van der Waals surface area (Å²) in [6.07, 6.45) is 5.23. The maximum Gasteiger partial charge on any atom is 0.346 e. The molecule has 0 saturated heterocycles. The van der Waals surface area contributed by atoms with Crippen LogP contribution in [0.15, 0.2) is 78.4 Å². The van der Waals surface area contributed by atoms with E-state index in [0.29, 0.717) is 17.1 Å². The first-order valence-corrected chi connectivity index (χ1v) is 15.4. The van der Waals surface area contributed by atoms with Crippen molar-refractivity contribution >= 4 is 24.2 Å². The molecule has 0 aromatic heterocycles. The fourth-order valence-electron chi connectivity index (χ4n) is 6.01. The lowest BCUT2D eigenvalue weighted by Gasteiger charge is -2.21. The third kappa shape index (κ3) is 6.34. The van der Waals surface area contributed by atoms with Crippen LogP contribution in [0.5, 0.6) is 11.5 Å². The number of hydrogen-bond acceptors (Lipinski definition) is 4. The Balaban J connectivity index is 1.50. The van der Waals surface area contributed by atoms with Crippen molar-refractivity contribution in [1.82, 2.24) is 0 Å². The quantitative estimate of drug-likeness (QED) is 0.113. The Labute approximate surface area is 272 Å². The summed E-state index contributed by atoms with van der Waals surface area (Å²) in [4.78, 5) is 11.4. The van der Waals surface area contributed by atoms with Crippen LogP contribution in [0, 0.1) is 11.3 Å². The second kappa shape index (κ2) is 12.4. The molecule has 1 N–H and O–H groups in total. The van der Waals surface area contributed by atoms with Crippen molar-refractivity contribution in [2.75, 3.05) is 14.2 Å². The molecule has 0 bridgehead atoms. The third-order valence-electron chi connectivity index (χ3n) is 8.71. The van der Waals surface area contributed by atoms with Gasteiger partial charge in [-0.2, -0.15) is 5.26 Å². The number of ether oxygens (including phenoxy) is 2. The molecule has 0 radical (unpaired) electrons. The molecule has 0 saturated carbocycles. The van der Waals surface area contributed by atoms with Crippen molar-refractivity contribution < 1.29 is 19.4 Å². The van der Waals surface area contributed by atoms with Gasteiger partial charge in [0.25, 0.3) is 0 Å². The Hall–Kier alpha value is -5.08. The summed E-state index contributed by atoms with van der Waals surface area (Å²) < 4.78 is 11.1. The van der Waals surface area contributed by atoms with Gasteiger partial charge < -0.3 is 14.6 Å². The number of fused-ring (bicyclic) bond motifs is 3. The highest BCUT2D eigenvalue weighted by Gasteiger charge is 2.32. The largest absolute Gasteiger partial charge is 0.496 e. The van der Waals surface area contributed by atoms with Crippen LogP contribution < -0.4 is 9.47 Å². The summed E-state index contributed by atoms with van der Waals surface area (Å²) in [5.74, 6) is -0.177. The average molecular weight is 612 g/mol. The molecule has 1 aliphatic rings. The van der Waals surface area contributed by atoms with Gasteiger partial charge in [-0.25, -0.2) is 4.79 Å². The van der Waals surface area contributed by atoms with Crippen LogP contribution in [0.25, 0.3) is 29.4 Å². The molecular weight excluding hydrogens is 570 g/mol. The van der Waals surface area contributed by atoms with E-state index in [4.69, 9.17) is 9.47 Å². The monoisotopic (exact) mass is 611 g/mol. The Kier molecular flexibility index (Phi) is 8.69. The summed E-state index contributed by atoms with van der Waals surface area (Å²) >= 11 is 0. The first kappa shape index (κ1) is 32.3. The van der Waals surface area contributed by atoms with E-state index in [1.807, 2.05) is 12.2 Å². The SMILES string of the molecule is COc1cc(/C=C(\C#N)C(=O)O)c(OC)cc1/C=C/c1ccc(C2c3ccc(C(C)(C)C)cc3-c3cc(C(C)(C)C)ccc32)cc1. The number of methoxy groups -OCH3 is 2. The predicted molar refractivity (Wildman–Crippen MR) is 186 cm³/mol. The number of carboxylic acids is 1. The Morgan fingerprint density at radius 2 is 1.24 bits per heavy atom. The van der Waals surface area contributed by atoms with Crippen LogP contribution in [0.3, 0.4) is 0 Å². The minimum Gasteiger partial charge on any atom is -0.496 e. The minimum atomic E-state index is -1.30. The fourth-order valence-corrected chi connectivity index (χ4v) is 6.01. The molecule has 1 aliphatic carbocycles. The zero-order chi connectivity index (χ0) is 33.4. The molecule has 4 aromatic carbocycles. The topological polar surface area (TPSA) is 79.5 Å². The van der Waals surface area contributed by atoms with Gasteiger partial charge in [-0.15, -0.1) is 0 Å². The van der Waals surface area contributed by atoms with Crippen LogP contribution in [0.1, 0.15) is 92.0 Å². The first-order chi connectivity index (χ1) is 21.7. The van der Waals surface area contributed by atoms with Crippen LogP contribution >= 0.6 is 0 Å². The highest BCUT2D eigenvalue weighted by molar-refractivity contribution is 5.97. The number of nitrogens with zero attached hydrogens (tertiary/aromatic N) is 1. The molecule has 0 fully saturated rings. The van der Waals surface area contributed by atoms with E-state index in [-0.39, 0.29) is 22.3 Å². The van der Waals surface area contributed by atoms with Crippen molar-refractivity contribution in [2.24, 2.45) is 0 Å². The third-order valence-corrected chi connectivity index (χ3v) is 8.71. The van der Waals surface area contributed by atoms with Gasteiger partial charge in [0.05, 0.1) is 14.2 Å². The minimum absolute atomic E-state index is 0.0602. The highest BCUT2D eigenvalue weighted by Crippen LogP contribution is 2.50. The predicted octanol–water partition coefficient (Wildman–Crippen LogP) is 9.62. The molecular formula is C41H41NO4. The van der Waals surface area contributed by atoms with E-state index in [9.17, 15) is 15.2 Å². The van der Waals surface area contributed by atoms with E-state index < -0.39 is 5.97 Å². The van der Waals surface area contributed by atoms with Crippen LogP contribution in [0.4, 0.5) is 0 Å². The van der Waals surface area contributed by atoms with E-state index in [1.165, 1.54) is 52.1 Å². The number of benzene rings is 4. The molecule has 5 rings (SSSR count). The molecule has 5 heteroatoms. The normalized spacial score (nSPS) is 13.3. The molecule has 0 unspecified atom stereocenters. The van der Waals surface area contributed by atoms with Gasteiger partial charge in [-0.05, 0) is 73.5 Å². The van der Waals surface area contributed by atoms with E-state index in [2.05, 4.69) is 102 Å². The number of carbonyl (C=O) groups is 1. The standard InChI is InChI=1S/C41H41NO4/c1-40(2,3)30-15-17-32-34(22-30)35-23-31(41(4,5)6)16-18-33(35)38(32)26-12-9-25(10-13-26)11-14-27-20-37(46-8)28(21-36(27)45-7)19-29(24-42)39(43)44/h9-23,38H,1-8H3,(H,43,44)/b14-11+,29-19+. The Morgan fingerprint density at radius 1 is 0.739 bits per heavy atom. The molecule has 4 aromatic rings. The molecule has 5 nitrogen and oxygen atoms in total. The van der Waals surface area contributed by atoms with Crippen LogP contribution in [-0.4, -0.2) is 25.3 Å². The lowest BCUT2D eigenvalue weighted by atomic mass is 9.83. The van der Waals surface area contributed by atoms with Gasteiger partial charge in [-0.1, -0.05) is 114 Å². The smallest absolute Gasteiger partial charge is 0.346 e. The molecule has 0 aliphatic heterocycles. The van der Waals surface area contributed by atoms with Gasteiger partial charge in [0, 0.05) is 17.0 Å². The van der Waals surface area contributed by atoms with Crippen molar-refractivity contribution in [3.8, 4) is 28.7 Å². The Morgan fingerprint density at radius 3 is 1.70 bits per heavy atom. The Bertz CT molecular complexity index is 1840. The number of carboxylic acid groups (broad SMARTS) is 1. The van der Waals surface area contributed by atoms with Gasteiger partial charge >= 0.3 is 5.97 Å². The van der Waals surface area contributed by atoms with E-state index in [1.54, 1.807) is 25.3 Å². The van der Waals surface area contributed by atoms with E-state index >= 15 is 0 Å². The van der Waals surface area contributed by atoms with Gasteiger partial charge in [0.15, 0.2) is 0 Å². The molecule has 0 amide bonds. The van der Waals surface area contributed by atoms with Crippen molar-refractivity contribution in [3.05, 3.63) is 123 Å². The second-order valence-corrected chi connectivity index (χ2v) is 13.8. The number of rotatable bonds is 7. The van der Waals surface area contributed by atoms with Gasteiger partial charge in [0.1, 0.15) is 23.1 Å². The van der Waals surface area contributed by atoms with Gasteiger partial charge in [0.2, 0.25) is 0 Å². The summed E-state index contributed by atoms with van der Waals surface area (Å²) in [6.45, 7) is 13.6. The number of hydrogen-bond donors (Lipinski definition) is 1. The van der Waals surface area contributed by atoms with Crippen molar-refractivity contribution in [1.29, 1.82) is 5.26 Å². The number of aliphatic carboxylic acids is 1. The summed E-state index contributed by atoms with van der Waals surface area (Å²) in [7, 11) is 3.06. The van der Waals surface area contributed by atoms with Crippen molar-refractivity contribution in [2.45, 2.75) is 58.3 Å². The van der Waals surface area contributed by atoms with Crippen molar-refractivity contribution in [3.63, 3.8) is 0 Å². The first-order valence-electron chi connectivity index (χ1n) is 15.4. The maximum atomic E-state index is 11.4. The molecule has 234 valence electrons. The highest BCUT2D eigenvalue weighted by atomic mass is 16.5. The summed E-state index contributed by atoms with van der Waals surface area (Å²) in [5, 5.41) is 18.5. The second-order valence-electron chi connectivity index (χ2n) is 13.8. The van der Waals surface area contributed by atoms with Crippen LogP contribution in [-0.2, 0) is 15.6 Å². The summed E-state index contributed by atoms with van der Waals surface area (Å²) in [6, 6.07) is 27.8. The number of nitriles is 1. The lowest BCUT2D eigenvalue weighted by molar-refractivity contribution is -0.132. The maximum absolute atomic E-state index is 11.4. The van der Waals surface area contributed by atoms with Crippen LogP contribution in [0.2, 0.25) is 0 Å². The molecule has 46 heavy (non-hydrogen) atoms. The molecule has 0 spiro atoms. The average Bonchev–Trinajstić information content (AvgIpc) is 3.35. The molecule has 0 heterocycles.